The summed E-state index contributed by atoms with van der Waals surface area (Å²) in [4.78, 5) is 0. The lowest BCUT2D eigenvalue weighted by atomic mass is 10.4. The van der Waals surface area contributed by atoms with Crippen LogP contribution in [0.25, 0.3) is 0 Å². The molecule has 0 aromatic heterocycles. The van der Waals surface area contributed by atoms with E-state index in [0.29, 0.717) is 0 Å². The van der Waals surface area contributed by atoms with Gasteiger partial charge in [-0.25, -0.2) is 0 Å². The highest BCUT2D eigenvalue weighted by atomic mass is 31.1. The van der Waals surface area contributed by atoms with Gasteiger partial charge in [-0.1, -0.05) is 145 Å². The van der Waals surface area contributed by atoms with Crippen LogP contribution in [-0.4, -0.2) is 16.1 Å². The third kappa shape index (κ3) is 4.84. The largest absolute Gasteiger partial charge is 0.0859 e. The van der Waals surface area contributed by atoms with E-state index in [2.05, 4.69) is 90.1 Å². The second-order valence-electron chi connectivity index (χ2n) is 7.96. The van der Waals surface area contributed by atoms with E-state index in [-0.39, 0.29) is 0 Å². The second-order valence-corrected chi connectivity index (χ2v) is 19.9. The van der Waals surface area contributed by atoms with E-state index in [4.69, 9.17) is 0 Å². The molecule has 27 heavy (non-hydrogen) atoms. The van der Waals surface area contributed by atoms with Crippen LogP contribution in [0, 0.1) is 0 Å². The lowest BCUT2D eigenvalue weighted by Crippen LogP contribution is -2.46. The zero-order valence-electron chi connectivity index (χ0n) is 18.4. The van der Waals surface area contributed by atoms with Crippen LogP contribution in [0.2, 0.25) is 36.3 Å². The fraction of sp³-hybridized carbons (Fsp3) is 0.500. The van der Waals surface area contributed by atoms with Gasteiger partial charge in [-0.3, -0.25) is 0 Å². The van der Waals surface area contributed by atoms with Gasteiger partial charge < -0.3 is 0 Å². The molecule has 3 heteroatoms. The van der Waals surface area contributed by atoms with Gasteiger partial charge in [0.2, 0.25) is 0 Å². The first-order chi connectivity index (χ1) is 13.0. The summed E-state index contributed by atoms with van der Waals surface area (Å²) in [5.41, 5.74) is 0. The molecule has 0 radical (unpaired) electrons. The molecule has 0 aliphatic rings. The van der Waals surface area contributed by atoms with Crippen LogP contribution in [0.1, 0.15) is 41.5 Å². The smallest absolute Gasteiger partial charge is 0.0675 e. The molecular formula is C24H39PSi2. The predicted molar refractivity (Wildman–Crippen MR) is 134 cm³/mol. The van der Waals surface area contributed by atoms with Crippen LogP contribution in [0.3, 0.4) is 0 Å². The van der Waals surface area contributed by atoms with Gasteiger partial charge in [-0.15, -0.1) is 0 Å². The average molecular weight is 415 g/mol. The highest BCUT2D eigenvalue weighted by Crippen LogP contribution is 2.22. The Labute approximate surface area is 172 Å². The van der Waals surface area contributed by atoms with Gasteiger partial charge in [0, 0.05) is 0 Å². The molecule has 0 nitrogen and oxygen atoms in total. The number of hydrogen-bond acceptors (Lipinski definition) is 0. The van der Waals surface area contributed by atoms with Gasteiger partial charge in [0.1, 0.15) is 0 Å². The van der Waals surface area contributed by atoms with Gasteiger partial charge in [0.25, 0.3) is 0 Å². The van der Waals surface area contributed by atoms with Gasteiger partial charge in [0.05, 0.1) is 16.1 Å². The number of benzene rings is 2. The molecule has 148 valence electrons. The molecule has 0 N–H and O–H groups in total. The first kappa shape index (κ1) is 22.6. The molecule has 2 aromatic rings. The van der Waals surface area contributed by atoms with Crippen molar-refractivity contribution in [2.75, 3.05) is 0 Å². The Morgan fingerprint density at radius 3 is 0.963 bits per heavy atom. The third-order valence-electron chi connectivity index (χ3n) is 7.34. The van der Waals surface area contributed by atoms with Crippen molar-refractivity contribution >= 4 is 45.7 Å². The maximum Gasteiger partial charge on any atom is 0.0859 e. The van der Waals surface area contributed by atoms with Gasteiger partial charge in [0.15, 0.2) is 0 Å². The highest BCUT2D eigenvalue weighted by molar-refractivity contribution is 7.55. The lowest BCUT2D eigenvalue weighted by Gasteiger charge is -2.29. The SMILES string of the molecule is CC[Si](CC)(CC)c1ccc(Pc2ccc([Si](CC)(CC)CC)cc2)cc1. The minimum atomic E-state index is -1.24. The van der Waals surface area contributed by atoms with E-state index in [0.717, 1.165) is 8.58 Å². The molecule has 2 rings (SSSR count). The fourth-order valence-corrected chi connectivity index (χ4v) is 12.9. The summed E-state index contributed by atoms with van der Waals surface area (Å²) in [6, 6.07) is 27.5. The summed E-state index contributed by atoms with van der Waals surface area (Å²) in [6.45, 7) is 14.3. The van der Waals surface area contributed by atoms with E-state index in [1.807, 2.05) is 0 Å². The highest BCUT2D eigenvalue weighted by Gasteiger charge is 2.29. The standard InChI is InChI=1S/C24H39PSi2/c1-7-26(8-2,9-3)23-17-13-21(14-18-23)25-22-15-19-24(20-16-22)27(10-4,11-5)12-6/h13-20,25H,7-12H2,1-6H3. The predicted octanol–water partition coefficient (Wildman–Crippen LogP) is 5.75. The first-order valence-electron chi connectivity index (χ1n) is 11.0. The van der Waals surface area contributed by atoms with Gasteiger partial charge in [-0.2, -0.15) is 0 Å². The summed E-state index contributed by atoms with van der Waals surface area (Å²) >= 11 is 0. The number of hydrogen-bond donors (Lipinski definition) is 0. The van der Waals surface area contributed by atoms with Crippen molar-refractivity contribution in [1.82, 2.24) is 0 Å². The maximum absolute atomic E-state index is 2.45. The molecule has 0 amide bonds. The summed E-state index contributed by atoms with van der Waals surface area (Å²) in [7, 11) is -1.71. The Hall–Kier alpha value is -0.696. The Balaban J connectivity index is 2.16. The summed E-state index contributed by atoms with van der Waals surface area (Å²) < 4.78 is 0. The molecule has 0 bridgehead atoms. The summed E-state index contributed by atoms with van der Waals surface area (Å²) in [5, 5.41) is 6.26. The normalized spacial score (nSPS) is 12.4. The van der Waals surface area contributed by atoms with E-state index in [1.54, 1.807) is 10.4 Å². The zero-order valence-corrected chi connectivity index (χ0v) is 21.4. The molecule has 0 aliphatic carbocycles. The van der Waals surface area contributed by atoms with Crippen LogP contribution in [0.4, 0.5) is 0 Å². The molecule has 0 saturated heterocycles. The van der Waals surface area contributed by atoms with Crippen molar-refractivity contribution in [2.45, 2.75) is 77.8 Å². The Morgan fingerprint density at radius 2 is 0.741 bits per heavy atom. The minimum Gasteiger partial charge on any atom is -0.0675 e. The van der Waals surface area contributed by atoms with Crippen molar-refractivity contribution < 1.29 is 0 Å². The Morgan fingerprint density at radius 1 is 0.481 bits per heavy atom. The van der Waals surface area contributed by atoms with E-state index in [1.165, 1.54) is 46.9 Å². The summed E-state index contributed by atoms with van der Waals surface area (Å²) in [6.07, 6.45) is 0. The monoisotopic (exact) mass is 414 g/mol. The van der Waals surface area contributed by atoms with Crippen molar-refractivity contribution in [3.8, 4) is 0 Å². The molecule has 0 aliphatic heterocycles. The maximum atomic E-state index is 2.45. The summed E-state index contributed by atoms with van der Waals surface area (Å²) in [5.74, 6) is 0. The van der Waals surface area contributed by atoms with Crippen molar-refractivity contribution in [3.05, 3.63) is 48.5 Å². The van der Waals surface area contributed by atoms with Crippen LogP contribution in [-0.2, 0) is 0 Å². The first-order valence-corrected chi connectivity index (χ1v) is 17.2. The van der Waals surface area contributed by atoms with Crippen molar-refractivity contribution in [2.24, 2.45) is 0 Å². The van der Waals surface area contributed by atoms with Crippen LogP contribution in [0.15, 0.2) is 48.5 Å². The van der Waals surface area contributed by atoms with E-state index >= 15 is 0 Å². The topological polar surface area (TPSA) is 0 Å². The quantitative estimate of drug-likeness (QED) is 0.343. The second kappa shape index (κ2) is 10.2. The van der Waals surface area contributed by atoms with Gasteiger partial charge in [-0.05, 0) is 10.6 Å². The zero-order chi connectivity index (χ0) is 19.9. The van der Waals surface area contributed by atoms with Crippen LogP contribution < -0.4 is 21.0 Å². The van der Waals surface area contributed by atoms with E-state index < -0.39 is 16.1 Å². The fourth-order valence-electron chi connectivity index (χ4n) is 4.71. The van der Waals surface area contributed by atoms with Crippen molar-refractivity contribution in [1.29, 1.82) is 0 Å². The molecule has 0 atom stereocenters. The Bertz CT molecular complexity index is 605. The number of rotatable bonds is 10. The average Bonchev–Trinajstić information content (AvgIpc) is 2.74. The molecule has 2 aromatic carbocycles. The van der Waals surface area contributed by atoms with Crippen LogP contribution in [0.5, 0.6) is 0 Å². The van der Waals surface area contributed by atoms with Gasteiger partial charge >= 0.3 is 0 Å². The molecule has 0 unspecified atom stereocenters. The van der Waals surface area contributed by atoms with E-state index in [9.17, 15) is 0 Å². The molecule has 0 heterocycles. The lowest BCUT2D eigenvalue weighted by molar-refractivity contribution is 1.19. The molecule has 0 spiro atoms. The van der Waals surface area contributed by atoms with Crippen LogP contribution >= 0.6 is 8.58 Å². The molecule has 0 saturated carbocycles. The molecule has 0 fully saturated rings. The van der Waals surface area contributed by atoms with Crippen molar-refractivity contribution in [3.63, 3.8) is 0 Å². The third-order valence-corrected chi connectivity index (χ3v) is 19.8. The Kier molecular flexibility index (Phi) is 8.52. The minimum absolute atomic E-state index is 0.771. The molecular weight excluding hydrogens is 375 g/mol.